The molecule has 4 nitrogen and oxygen atoms in total. The second-order valence-electron chi connectivity index (χ2n) is 6.63. The van der Waals surface area contributed by atoms with E-state index in [1.165, 1.54) is 24.1 Å². The first-order valence-electron chi connectivity index (χ1n) is 7.90. The number of nitrogens with one attached hydrogen (secondary N) is 2. The maximum absolute atomic E-state index is 12.0. The molecule has 1 amide bonds. The van der Waals surface area contributed by atoms with Crippen molar-refractivity contribution >= 4 is 11.6 Å². The summed E-state index contributed by atoms with van der Waals surface area (Å²) in [4.78, 5) is 14.3. The van der Waals surface area contributed by atoms with Gasteiger partial charge in [-0.3, -0.25) is 4.79 Å². The summed E-state index contributed by atoms with van der Waals surface area (Å²) >= 11 is 0. The maximum atomic E-state index is 12.0. The van der Waals surface area contributed by atoms with Crippen molar-refractivity contribution in [1.29, 1.82) is 0 Å². The first-order chi connectivity index (χ1) is 10.1. The molecular formula is C17H25N3O. The van der Waals surface area contributed by atoms with Gasteiger partial charge in [0.2, 0.25) is 5.91 Å². The molecule has 21 heavy (non-hydrogen) atoms. The number of rotatable bonds is 5. The first-order valence-corrected chi connectivity index (χ1v) is 7.90. The van der Waals surface area contributed by atoms with Crippen molar-refractivity contribution in [3.05, 3.63) is 29.8 Å². The van der Waals surface area contributed by atoms with E-state index in [1.54, 1.807) is 7.05 Å². The van der Waals surface area contributed by atoms with Crippen LogP contribution in [0.15, 0.2) is 24.3 Å². The molecule has 1 heterocycles. The lowest BCUT2D eigenvalue weighted by Gasteiger charge is -2.24. The Bertz CT molecular complexity index is 509. The van der Waals surface area contributed by atoms with Crippen molar-refractivity contribution in [2.75, 3.05) is 25.0 Å². The van der Waals surface area contributed by atoms with E-state index in [4.69, 9.17) is 0 Å². The van der Waals surface area contributed by atoms with Gasteiger partial charge in [0, 0.05) is 38.4 Å². The molecule has 1 saturated heterocycles. The largest absolute Gasteiger partial charge is 0.370 e. The molecule has 2 N–H and O–H groups in total. The topological polar surface area (TPSA) is 44.4 Å². The smallest absolute Gasteiger partial charge is 0.227 e. The number of nitrogens with zero attached hydrogens (tertiary/aromatic N) is 1. The van der Waals surface area contributed by atoms with Crippen LogP contribution in [0.4, 0.5) is 5.69 Å². The highest BCUT2D eigenvalue weighted by atomic mass is 16.2. The van der Waals surface area contributed by atoms with E-state index in [0.29, 0.717) is 0 Å². The third-order valence-corrected chi connectivity index (χ3v) is 4.72. The number of hydrogen-bond donors (Lipinski definition) is 2. The summed E-state index contributed by atoms with van der Waals surface area (Å²) in [6.07, 6.45) is 3.56. The van der Waals surface area contributed by atoms with Crippen LogP contribution in [0.1, 0.15) is 31.7 Å². The molecule has 1 saturated carbocycles. The van der Waals surface area contributed by atoms with Gasteiger partial charge >= 0.3 is 0 Å². The maximum Gasteiger partial charge on any atom is 0.227 e. The van der Waals surface area contributed by atoms with E-state index in [2.05, 4.69) is 46.7 Å². The third kappa shape index (κ3) is 3.21. The Labute approximate surface area is 126 Å². The zero-order chi connectivity index (χ0) is 14.9. The average molecular weight is 287 g/mol. The lowest BCUT2D eigenvalue weighted by atomic mass is 9.89. The molecule has 1 atom stereocenters. The highest BCUT2D eigenvalue weighted by Gasteiger charge is 2.39. The highest BCUT2D eigenvalue weighted by molar-refractivity contribution is 5.83. The third-order valence-electron chi connectivity index (χ3n) is 4.72. The van der Waals surface area contributed by atoms with Crippen LogP contribution in [0, 0.1) is 5.41 Å². The Kier molecular flexibility index (Phi) is 3.89. The molecule has 1 aliphatic heterocycles. The number of anilines is 1. The molecule has 0 radical (unpaired) electrons. The minimum atomic E-state index is -0.263. The Balaban J connectivity index is 1.60. The SMILES string of the molecule is CNC(=O)C1(C)CCN(c2ccc(CNC3CC3)cc2)C1. The monoisotopic (exact) mass is 287 g/mol. The van der Waals surface area contributed by atoms with Crippen LogP contribution < -0.4 is 15.5 Å². The van der Waals surface area contributed by atoms with E-state index in [-0.39, 0.29) is 11.3 Å². The van der Waals surface area contributed by atoms with Gasteiger partial charge in [-0.15, -0.1) is 0 Å². The molecule has 3 rings (SSSR count). The standard InChI is InChI=1S/C17H25N3O/c1-17(16(21)18-2)9-10-20(12-17)15-7-3-13(4-8-15)11-19-14-5-6-14/h3-4,7-8,14,19H,5-6,9-12H2,1-2H3,(H,18,21). The van der Waals surface area contributed by atoms with Crippen molar-refractivity contribution in [3.63, 3.8) is 0 Å². The Morgan fingerprint density at radius 3 is 2.67 bits per heavy atom. The Morgan fingerprint density at radius 1 is 1.33 bits per heavy atom. The predicted octanol–water partition coefficient (Wildman–Crippen LogP) is 1.90. The molecule has 0 aromatic heterocycles. The lowest BCUT2D eigenvalue weighted by Crippen LogP contribution is -2.39. The van der Waals surface area contributed by atoms with Gasteiger partial charge in [0.1, 0.15) is 0 Å². The van der Waals surface area contributed by atoms with Crippen molar-refractivity contribution in [2.24, 2.45) is 5.41 Å². The summed E-state index contributed by atoms with van der Waals surface area (Å²) < 4.78 is 0. The minimum absolute atomic E-state index is 0.148. The predicted molar refractivity (Wildman–Crippen MR) is 85.3 cm³/mol. The van der Waals surface area contributed by atoms with Crippen LogP contribution in [0.2, 0.25) is 0 Å². The normalized spacial score (nSPS) is 25.1. The average Bonchev–Trinajstić information content (AvgIpc) is 3.26. The molecule has 1 aliphatic carbocycles. The van der Waals surface area contributed by atoms with Gasteiger partial charge in [-0.25, -0.2) is 0 Å². The number of carbonyl (C=O) groups excluding carboxylic acids is 1. The molecule has 2 aliphatic rings. The van der Waals surface area contributed by atoms with Crippen LogP contribution in [-0.2, 0) is 11.3 Å². The molecule has 1 aromatic rings. The molecule has 4 heteroatoms. The van der Waals surface area contributed by atoms with Gasteiger partial charge in [-0.1, -0.05) is 12.1 Å². The zero-order valence-corrected chi connectivity index (χ0v) is 13.0. The minimum Gasteiger partial charge on any atom is -0.370 e. The zero-order valence-electron chi connectivity index (χ0n) is 13.0. The number of benzene rings is 1. The summed E-state index contributed by atoms with van der Waals surface area (Å²) in [5.41, 5.74) is 2.29. The van der Waals surface area contributed by atoms with Crippen LogP contribution in [0.5, 0.6) is 0 Å². The Hall–Kier alpha value is -1.55. The van der Waals surface area contributed by atoms with E-state index in [9.17, 15) is 4.79 Å². The van der Waals surface area contributed by atoms with Gasteiger partial charge in [-0.2, -0.15) is 0 Å². The molecule has 0 spiro atoms. The van der Waals surface area contributed by atoms with Crippen molar-refractivity contribution < 1.29 is 4.79 Å². The quantitative estimate of drug-likeness (QED) is 0.869. The molecule has 114 valence electrons. The first kappa shape index (κ1) is 14.4. The molecule has 0 bridgehead atoms. The van der Waals surface area contributed by atoms with Gasteiger partial charge < -0.3 is 15.5 Å². The number of carbonyl (C=O) groups is 1. The second kappa shape index (κ2) is 5.68. The summed E-state index contributed by atoms with van der Waals surface area (Å²) in [7, 11) is 1.72. The Morgan fingerprint density at radius 2 is 2.05 bits per heavy atom. The van der Waals surface area contributed by atoms with E-state index < -0.39 is 0 Å². The molecule has 2 fully saturated rings. The second-order valence-corrected chi connectivity index (χ2v) is 6.63. The van der Waals surface area contributed by atoms with Crippen LogP contribution in [-0.4, -0.2) is 32.1 Å². The van der Waals surface area contributed by atoms with Gasteiger partial charge in [-0.05, 0) is 43.9 Å². The number of hydrogen-bond acceptors (Lipinski definition) is 3. The molecule has 1 unspecified atom stereocenters. The van der Waals surface area contributed by atoms with Crippen molar-refractivity contribution in [2.45, 2.75) is 38.8 Å². The van der Waals surface area contributed by atoms with Crippen molar-refractivity contribution in [1.82, 2.24) is 10.6 Å². The number of amides is 1. The summed E-state index contributed by atoms with van der Waals surface area (Å²) in [6.45, 7) is 4.76. The fourth-order valence-corrected chi connectivity index (χ4v) is 3.04. The van der Waals surface area contributed by atoms with E-state index in [0.717, 1.165) is 32.1 Å². The van der Waals surface area contributed by atoms with Crippen LogP contribution in [0.3, 0.4) is 0 Å². The fourth-order valence-electron chi connectivity index (χ4n) is 3.04. The molecular weight excluding hydrogens is 262 g/mol. The summed E-state index contributed by atoms with van der Waals surface area (Å²) in [5, 5.41) is 6.32. The van der Waals surface area contributed by atoms with E-state index >= 15 is 0 Å². The van der Waals surface area contributed by atoms with E-state index in [1.807, 2.05) is 0 Å². The summed E-state index contributed by atoms with van der Waals surface area (Å²) in [6, 6.07) is 9.50. The van der Waals surface area contributed by atoms with Gasteiger partial charge in [0.25, 0.3) is 0 Å². The van der Waals surface area contributed by atoms with Gasteiger partial charge in [0.05, 0.1) is 5.41 Å². The fraction of sp³-hybridized carbons (Fsp3) is 0.588. The highest BCUT2D eigenvalue weighted by Crippen LogP contribution is 2.33. The lowest BCUT2D eigenvalue weighted by molar-refractivity contribution is -0.128. The van der Waals surface area contributed by atoms with Crippen molar-refractivity contribution in [3.8, 4) is 0 Å². The van der Waals surface area contributed by atoms with Gasteiger partial charge in [0.15, 0.2) is 0 Å². The van der Waals surface area contributed by atoms with Crippen LogP contribution >= 0.6 is 0 Å². The van der Waals surface area contributed by atoms with Crippen LogP contribution in [0.25, 0.3) is 0 Å². The summed E-state index contributed by atoms with van der Waals surface area (Å²) in [5.74, 6) is 0.148. The molecule has 1 aromatic carbocycles.